The molecule has 166 valence electrons. The maximum atomic E-state index is 13.3. The summed E-state index contributed by atoms with van der Waals surface area (Å²) in [5.41, 5.74) is 1.37. The maximum absolute atomic E-state index is 13.3. The van der Waals surface area contributed by atoms with Gasteiger partial charge in [-0.15, -0.1) is 0 Å². The molecule has 2 amide bonds. The first-order valence-corrected chi connectivity index (χ1v) is 12.9. The van der Waals surface area contributed by atoms with Crippen LogP contribution in [-0.2, 0) is 10.0 Å². The van der Waals surface area contributed by atoms with E-state index in [1.807, 2.05) is 4.90 Å². The fraction of sp³-hybridized carbons (Fsp3) is 0.609. The standard InChI is InChI=1S/C23H33ClN2O3S/c1-17(19-13-15-20(24)16-14-19)18(2)30(28,29)25-23(27)26(21-9-5-3-6-10-21)22-11-7-4-8-12-22/h13-16,21-22H,3-12H2,1-2H3,(H,25,27)/b18-17+. The number of benzene rings is 1. The molecule has 0 aliphatic heterocycles. The molecule has 1 aromatic carbocycles. The van der Waals surface area contributed by atoms with Crippen molar-refractivity contribution in [1.29, 1.82) is 0 Å². The average molecular weight is 453 g/mol. The Morgan fingerprint density at radius 2 is 1.37 bits per heavy atom. The number of urea groups is 1. The molecule has 0 radical (unpaired) electrons. The van der Waals surface area contributed by atoms with E-state index in [0.717, 1.165) is 56.9 Å². The molecule has 30 heavy (non-hydrogen) atoms. The second-order valence-corrected chi connectivity index (χ2v) is 10.8. The summed E-state index contributed by atoms with van der Waals surface area (Å²) in [5, 5.41) is 0.593. The molecule has 0 spiro atoms. The molecule has 2 fully saturated rings. The normalized spacial score (nSPS) is 19.8. The van der Waals surface area contributed by atoms with E-state index in [1.165, 1.54) is 12.8 Å². The smallest absolute Gasteiger partial charge is 0.318 e. The molecule has 0 atom stereocenters. The highest BCUT2D eigenvalue weighted by molar-refractivity contribution is 7.94. The summed E-state index contributed by atoms with van der Waals surface area (Å²) in [6.07, 6.45) is 10.6. The van der Waals surface area contributed by atoms with Crippen LogP contribution >= 0.6 is 11.6 Å². The molecule has 0 bridgehead atoms. The molecule has 0 unspecified atom stereocenters. The highest BCUT2D eigenvalue weighted by Crippen LogP contribution is 2.31. The lowest BCUT2D eigenvalue weighted by molar-refractivity contribution is 0.108. The van der Waals surface area contributed by atoms with E-state index in [2.05, 4.69) is 4.72 Å². The minimum Gasteiger partial charge on any atom is -0.318 e. The van der Waals surface area contributed by atoms with Gasteiger partial charge in [0.25, 0.3) is 10.0 Å². The molecular weight excluding hydrogens is 420 g/mol. The van der Waals surface area contributed by atoms with E-state index < -0.39 is 16.1 Å². The molecule has 0 heterocycles. The Morgan fingerprint density at radius 1 is 0.900 bits per heavy atom. The van der Waals surface area contributed by atoms with Crippen molar-refractivity contribution in [3.8, 4) is 0 Å². The predicted molar refractivity (Wildman–Crippen MR) is 123 cm³/mol. The molecule has 3 rings (SSSR count). The Kier molecular flexibility index (Phi) is 7.86. The maximum Gasteiger partial charge on any atom is 0.331 e. The second-order valence-electron chi connectivity index (χ2n) is 8.59. The van der Waals surface area contributed by atoms with Crippen LogP contribution in [0, 0.1) is 0 Å². The number of nitrogens with zero attached hydrogens (tertiary/aromatic N) is 1. The van der Waals surface area contributed by atoms with Crippen LogP contribution in [0.5, 0.6) is 0 Å². The van der Waals surface area contributed by atoms with Gasteiger partial charge in [-0.2, -0.15) is 0 Å². The zero-order chi connectivity index (χ0) is 21.7. The third kappa shape index (κ3) is 5.58. The molecule has 2 aliphatic carbocycles. The van der Waals surface area contributed by atoms with Gasteiger partial charge in [0.1, 0.15) is 0 Å². The molecule has 0 aromatic heterocycles. The summed E-state index contributed by atoms with van der Waals surface area (Å²) in [6, 6.07) is 6.85. The highest BCUT2D eigenvalue weighted by Gasteiger charge is 2.34. The number of hydrogen-bond donors (Lipinski definition) is 1. The number of sulfonamides is 1. The summed E-state index contributed by atoms with van der Waals surface area (Å²) in [7, 11) is -3.93. The molecule has 2 aliphatic rings. The van der Waals surface area contributed by atoms with Crippen LogP contribution in [0.3, 0.4) is 0 Å². The Balaban J connectivity index is 1.82. The number of carbonyl (C=O) groups excluding carboxylic acids is 1. The lowest BCUT2D eigenvalue weighted by atomic mass is 9.89. The molecule has 1 N–H and O–H groups in total. The molecular formula is C23H33ClN2O3S. The van der Waals surface area contributed by atoms with Gasteiger partial charge in [-0.1, -0.05) is 62.3 Å². The van der Waals surface area contributed by atoms with Crippen LogP contribution in [0.25, 0.3) is 5.57 Å². The van der Waals surface area contributed by atoms with E-state index in [4.69, 9.17) is 11.6 Å². The van der Waals surface area contributed by atoms with Crippen LogP contribution in [0.4, 0.5) is 4.79 Å². The van der Waals surface area contributed by atoms with E-state index in [-0.39, 0.29) is 17.0 Å². The van der Waals surface area contributed by atoms with Crippen LogP contribution in [0.2, 0.25) is 5.02 Å². The van der Waals surface area contributed by atoms with E-state index in [0.29, 0.717) is 10.6 Å². The van der Waals surface area contributed by atoms with Crippen molar-refractivity contribution in [2.45, 2.75) is 90.1 Å². The number of allylic oxidation sites excluding steroid dienone is 2. The topological polar surface area (TPSA) is 66.5 Å². The van der Waals surface area contributed by atoms with Crippen molar-refractivity contribution in [3.05, 3.63) is 39.8 Å². The monoisotopic (exact) mass is 452 g/mol. The van der Waals surface area contributed by atoms with Crippen LogP contribution < -0.4 is 4.72 Å². The summed E-state index contributed by atoms with van der Waals surface area (Å²) < 4.78 is 28.5. The first-order valence-electron chi connectivity index (χ1n) is 11.1. The first kappa shape index (κ1) is 23.1. The van der Waals surface area contributed by atoms with E-state index >= 15 is 0 Å². The minimum atomic E-state index is -3.93. The quantitative estimate of drug-likeness (QED) is 0.587. The van der Waals surface area contributed by atoms with E-state index in [9.17, 15) is 13.2 Å². The average Bonchev–Trinajstić information content (AvgIpc) is 2.74. The Bertz CT molecular complexity index is 850. The Labute approximate surface area is 185 Å². The molecule has 7 heteroatoms. The summed E-state index contributed by atoms with van der Waals surface area (Å²) in [6.45, 7) is 3.30. The molecule has 1 aromatic rings. The zero-order valence-corrected chi connectivity index (χ0v) is 19.6. The van der Waals surface area contributed by atoms with Gasteiger partial charge >= 0.3 is 6.03 Å². The van der Waals surface area contributed by atoms with Gasteiger partial charge < -0.3 is 4.90 Å². The SMILES string of the molecule is C/C(=C(/C)S(=O)(=O)NC(=O)N(C1CCCCC1)C1CCCCC1)c1ccc(Cl)cc1. The number of hydrogen-bond acceptors (Lipinski definition) is 3. The van der Waals surface area contributed by atoms with Gasteiger partial charge in [0.05, 0.1) is 4.91 Å². The van der Waals surface area contributed by atoms with Gasteiger partial charge in [0.15, 0.2) is 0 Å². The molecule has 2 saturated carbocycles. The molecule has 5 nitrogen and oxygen atoms in total. The fourth-order valence-corrected chi connectivity index (χ4v) is 5.83. The Hall–Kier alpha value is -1.53. The lowest BCUT2D eigenvalue weighted by Crippen LogP contribution is -2.53. The fourth-order valence-electron chi connectivity index (χ4n) is 4.70. The number of halogens is 1. The summed E-state index contributed by atoms with van der Waals surface area (Å²) in [4.78, 5) is 15.3. The third-order valence-corrected chi connectivity index (χ3v) is 8.41. The van der Waals surface area contributed by atoms with Gasteiger partial charge in [-0.05, 0) is 62.8 Å². The summed E-state index contributed by atoms with van der Waals surface area (Å²) in [5.74, 6) is 0. The number of amides is 2. The van der Waals surface area contributed by atoms with Gasteiger partial charge in [-0.3, -0.25) is 0 Å². The Morgan fingerprint density at radius 3 is 1.83 bits per heavy atom. The van der Waals surface area contributed by atoms with Gasteiger partial charge in [0, 0.05) is 17.1 Å². The second kappa shape index (κ2) is 10.2. The van der Waals surface area contributed by atoms with Crippen molar-refractivity contribution < 1.29 is 13.2 Å². The van der Waals surface area contributed by atoms with Crippen molar-refractivity contribution in [1.82, 2.24) is 9.62 Å². The largest absolute Gasteiger partial charge is 0.331 e. The predicted octanol–water partition coefficient (Wildman–Crippen LogP) is 6.10. The molecule has 0 saturated heterocycles. The number of rotatable bonds is 5. The van der Waals surface area contributed by atoms with Crippen LogP contribution in [0.1, 0.15) is 83.6 Å². The van der Waals surface area contributed by atoms with E-state index in [1.54, 1.807) is 38.1 Å². The highest BCUT2D eigenvalue weighted by atomic mass is 35.5. The van der Waals surface area contributed by atoms with Crippen LogP contribution in [-0.4, -0.2) is 31.4 Å². The summed E-state index contributed by atoms with van der Waals surface area (Å²) >= 11 is 5.94. The van der Waals surface area contributed by atoms with Gasteiger partial charge in [-0.25, -0.2) is 17.9 Å². The van der Waals surface area contributed by atoms with Crippen molar-refractivity contribution in [2.24, 2.45) is 0 Å². The lowest BCUT2D eigenvalue weighted by Gasteiger charge is -2.41. The van der Waals surface area contributed by atoms with Crippen molar-refractivity contribution >= 4 is 33.2 Å². The number of carbonyl (C=O) groups is 1. The minimum absolute atomic E-state index is 0.138. The zero-order valence-electron chi connectivity index (χ0n) is 18.0. The van der Waals surface area contributed by atoms with Crippen LogP contribution in [0.15, 0.2) is 29.2 Å². The van der Waals surface area contributed by atoms with Gasteiger partial charge in [0.2, 0.25) is 0 Å². The first-order chi connectivity index (χ1) is 14.3. The third-order valence-electron chi connectivity index (χ3n) is 6.60. The van der Waals surface area contributed by atoms with Crippen molar-refractivity contribution in [3.63, 3.8) is 0 Å². The van der Waals surface area contributed by atoms with Crippen molar-refractivity contribution in [2.75, 3.05) is 0 Å². The number of nitrogens with one attached hydrogen (secondary N) is 1.